The summed E-state index contributed by atoms with van der Waals surface area (Å²) in [7, 11) is 1.70. The van der Waals surface area contributed by atoms with Crippen LogP contribution in [-0.2, 0) is 17.8 Å². The fraction of sp³-hybridized carbons (Fsp3) is 0.188. The second-order valence-corrected chi connectivity index (χ2v) is 4.67. The van der Waals surface area contributed by atoms with Gasteiger partial charge in [0.15, 0.2) is 0 Å². The van der Waals surface area contributed by atoms with Gasteiger partial charge in [0.1, 0.15) is 5.75 Å². The molecule has 0 atom stereocenters. The van der Waals surface area contributed by atoms with E-state index >= 15 is 0 Å². The van der Waals surface area contributed by atoms with Crippen LogP contribution in [0.2, 0.25) is 0 Å². The fourth-order valence-electron chi connectivity index (χ4n) is 1.93. The summed E-state index contributed by atoms with van der Waals surface area (Å²) in [5.41, 5.74) is 8.20. The Morgan fingerprint density at radius 1 is 1.15 bits per heavy atom. The smallest absolute Gasteiger partial charge is 0.231 e. The monoisotopic (exact) mass is 270 g/mol. The minimum absolute atomic E-state index is 0.0314. The van der Waals surface area contributed by atoms with Gasteiger partial charge >= 0.3 is 0 Å². The predicted octanol–water partition coefficient (Wildman–Crippen LogP) is 2.06. The van der Waals surface area contributed by atoms with Gasteiger partial charge in [-0.25, -0.2) is 0 Å². The Balaban J connectivity index is 2.07. The number of hydrogen-bond donors (Lipinski definition) is 2. The maximum absolute atomic E-state index is 12.2. The van der Waals surface area contributed by atoms with Crippen molar-refractivity contribution in [2.75, 3.05) is 11.9 Å². The third-order valence-corrected chi connectivity index (χ3v) is 3.21. The van der Waals surface area contributed by atoms with E-state index in [-0.39, 0.29) is 11.7 Å². The quantitative estimate of drug-likeness (QED) is 0.893. The maximum Gasteiger partial charge on any atom is 0.231 e. The molecular weight excluding hydrogens is 252 g/mol. The van der Waals surface area contributed by atoms with Crippen molar-refractivity contribution >= 4 is 11.6 Å². The van der Waals surface area contributed by atoms with E-state index in [4.69, 9.17) is 5.73 Å². The number of phenols is 1. The third-order valence-electron chi connectivity index (χ3n) is 3.21. The normalized spacial score (nSPS) is 10.3. The fourth-order valence-corrected chi connectivity index (χ4v) is 1.93. The lowest BCUT2D eigenvalue weighted by Gasteiger charge is -2.17. The van der Waals surface area contributed by atoms with Gasteiger partial charge in [0.2, 0.25) is 5.91 Å². The zero-order valence-electron chi connectivity index (χ0n) is 11.4. The molecule has 0 aliphatic rings. The number of nitrogens with zero attached hydrogens (tertiary/aromatic N) is 1. The molecule has 2 rings (SSSR count). The van der Waals surface area contributed by atoms with E-state index in [2.05, 4.69) is 0 Å². The first-order chi connectivity index (χ1) is 9.60. The van der Waals surface area contributed by atoms with Crippen molar-refractivity contribution in [2.24, 2.45) is 5.73 Å². The van der Waals surface area contributed by atoms with E-state index in [0.717, 1.165) is 11.1 Å². The highest BCUT2D eigenvalue weighted by molar-refractivity contribution is 5.94. The Labute approximate surface area is 118 Å². The van der Waals surface area contributed by atoms with E-state index in [1.54, 1.807) is 31.3 Å². The Hall–Kier alpha value is -2.33. The van der Waals surface area contributed by atoms with E-state index in [1.807, 2.05) is 24.3 Å². The molecular formula is C16H18N2O2. The summed E-state index contributed by atoms with van der Waals surface area (Å²) in [6.07, 6.45) is 0.316. The first-order valence-electron chi connectivity index (χ1n) is 6.43. The van der Waals surface area contributed by atoms with Gasteiger partial charge in [-0.3, -0.25) is 4.79 Å². The number of phenolic OH excluding ortho intramolecular Hbond substituents is 1. The van der Waals surface area contributed by atoms with Crippen LogP contribution in [0.25, 0.3) is 0 Å². The Morgan fingerprint density at radius 3 is 2.40 bits per heavy atom. The minimum Gasteiger partial charge on any atom is -0.508 e. The highest BCUT2D eigenvalue weighted by Gasteiger charge is 2.12. The molecule has 2 aromatic carbocycles. The van der Waals surface area contributed by atoms with E-state index < -0.39 is 0 Å². The van der Waals surface area contributed by atoms with E-state index in [1.165, 1.54) is 4.90 Å². The second kappa shape index (κ2) is 6.21. The molecule has 4 heteroatoms. The molecule has 3 N–H and O–H groups in total. The molecule has 0 heterocycles. The van der Waals surface area contributed by atoms with Crippen molar-refractivity contribution < 1.29 is 9.90 Å². The molecule has 0 spiro atoms. The first-order valence-corrected chi connectivity index (χ1v) is 6.43. The average molecular weight is 270 g/mol. The van der Waals surface area contributed by atoms with Crippen molar-refractivity contribution in [3.63, 3.8) is 0 Å². The zero-order chi connectivity index (χ0) is 14.5. The maximum atomic E-state index is 12.2. The van der Waals surface area contributed by atoms with Crippen LogP contribution in [0.3, 0.4) is 0 Å². The average Bonchev–Trinajstić information content (AvgIpc) is 2.47. The molecule has 0 unspecified atom stereocenters. The number of anilines is 1. The minimum atomic E-state index is -0.0314. The van der Waals surface area contributed by atoms with E-state index in [0.29, 0.717) is 18.7 Å². The van der Waals surface area contributed by atoms with Gasteiger partial charge in [-0.1, -0.05) is 30.3 Å². The highest BCUT2D eigenvalue weighted by Crippen LogP contribution is 2.19. The van der Waals surface area contributed by atoms with Crippen LogP contribution in [0.5, 0.6) is 5.75 Å². The van der Waals surface area contributed by atoms with Crippen molar-refractivity contribution in [3.05, 3.63) is 59.7 Å². The number of benzene rings is 2. The van der Waals surface area contributed by atoms with Crippen LogP contribution in [-0.4, -0.2) is 18.1 Å². The number of hydrogen-bond acceptors (Lipinski definition) is 3. The molecule has 0 aliphatic heterocycles. The Morgan fingerprint density at radius 2 is 1.80 bits per heavy atom. The van der Waals surface area contributed by atoms with Crippen LogP contribution < -0.4 is 10.6 Å². The van der Waals surface area contributed by atoms with Crippen molar-refractivity contribution in [3.8, 4) is 5.75 Å². The number of nitrogens with two attached hydrogens (primary N) is 1. The Bertz CT molecular complexity index is 594. The van der Waals surface area contributed by atoms with Gasteiger partial charge in [0.05, 0.1) is 6.42 Å². The lowest BCUT2D eigenvalue weighted by atomic mass is 10.1. The second-order valence-electron chi connectivity index (χ2n) is 4.67. The van der Waals surface area contributed by atoms with E-state index in [9.17, 15) is 9.90 Å². The SMILES string of the molecule is CN(C(=O)Cc1ccc(CN)cc1)c1cccc(O)c1. The van der Waals surface area contributed by atoms with Crippen LogP contribution >= 0.6 is 0 Å². The topological polar surface area (TPSA) is 66.6 Å². The van der Waals surface area contributed by atoms with Crippen LogP contribution in [0.15, 0.2) is 48.5 Å². The number of rotatable bonds is 4. The summed E-state index contributed by atoms with van der Waals surface area (Å²) in [6, 6.07) is 14.3. The zero-order valence-corrected chi connectivity index (χ0v) is 11.4. The van der Waals surface area contributed by atoms with Crippen molar-refractivity contribution in [2.45, 2.75) is 13.0 Å². The van der Waals surface area contributed by atoms with Gasteiger partial charge in [-0.05, 0) is 23.3 Å². The van der Waals surface area contributed by atoms with Crippen molar-refractivity contribution in [1.29, 1.82) is 0 Å². The molecule has 0 bridgehead atoms. The number of carbonyl (C=O) groups is 1. The number of likely N-dealkylation sites (N-methyl/N-ethyl adjacent to an activating group) is 1. The molecule has 0 radical (unpaired) electrons. The summed E-state index contributed by atoms with van der Waals surface area (Å²) in [5.74, 6) is 0.116. The largest absolute Gasteiger partial charge is 0.508 e. The summed E-state index contributed by atoms with van der Waals surface area (Å²) in [6.45, 7) is 0.497. The van der Waals surface area contributed by atoms with Gasteiger partial charge in [0, 0.05) is 25.3 Å². The van der Waals surface area contributed by atoms with Crippen molar-refractivity contribution in [1.82, 2.24) is 0 Å². The molecule has 1 amide bonds. The summed E-state index contributed by atoms with van der Waals surface area (Å²) < 4.78 is 0. The standard InChI is InChI=1S/C16H18N2O2/c1-18(14-3-2-4-15(19)10-14)16(20)9-12-5-7-13(11-17)8-6-12/h2-8,10,19H,9,11,17H2,1H3. The molecule has 0 saturated carbocycles. The predicted molar refractivity (Wildman–Crippen MR) is 79.6 cm³/mol. The molecule has 0 saturated heterocycles. The molecule has 0 aromatic heterocycles. The third kappa shape index (κ3) is 3.36. The molecule has 0 fully saturated rings. The van der Waals surface area contributed by atoms with Gasteiger partial charge in [0.25, 0.3) is 0 Å². The number of carbonyl (C=O) groups excluding carboxylic acids is 1. The first kappa shape index (κ1) is 14.1. The number of amides is 1. The lowest BCUT2D eigenvalue weighted by molar-refractivity contribution is -0.117. The van der Waals surface area contributed by atoms with Gasteiger partial charge in [-0.15, -0.1) is 0 Å². The van der Waals surface area contributed by atoms with Crippen LogP contribution in [0, 0.1) is 0 Å². The highest BCUT2D eigenvalue weighted by atomic mass is 16.3. The summed E-state index contributed by atoms with van der Waals surface area (Å²) >= 11 is 0. The summed E-state index contributed by atoms with van der Waals surface area (Å²) in [5, 5.41) is 9.44. The molecule has 20 heavy (non-hydrogen) atoms. The van der Waals surface area contributed by atoms with Crippen LogP contribution in [0.1, 0.15) is 11.1 Å². The number of aromatic hydroxyl groups is 1. The van der Waals surface area contributed by atoms with Crippen LogP contribution in [0.4, 0.5) is 5.69 Å². The molecule has 0 aliphatic carbocycles. The van der Waals surface area contributed by atoms with Gasteiger partial charge < -0.3 is 15.7 Å². The summed E-state index contributed by atoms with van der Waals surface area (Å²) in [4.78, 5) is 13.7. The van der Waals surface area contributed by atoms with Gasteiger partial charge in [-0.2, -0.15) is 0 Å². The molecule has 2 aromatic rings. The Kier molecular flexibility index (Phi) is 4.38. The molecule has 4 nitrogen and oxygen atoms in total. The lowest BCUT2D eigenvalue weighted by Crippen LogP contribution is -2.27. The molecule has 104 valence electrons.